The molecule has 0 saturated heterocycles. The van der Waals surface area contributed by atoms with Gasteiger partial charge in [-0.3, -0.25) is 4.79 Å². The van der Waals surface area contributed by atoms with Crippen LogP contribution in [-0.2, 0) is 4.79 Å². The third-order valence-electron chi connectivity index (χ3n) is 1.77. The zero-order valence-electron chi connectivity index (χ0n) is 8.12. The first-order chi connectivity index (χ1) is 7.04. The van der Waals surface area contributed by atoms with Gasteiger partial charge in [-0.1, -0.05) is 0 Å². The van der Waals surface area contributed by atoms with E-state index in [2.05, 4.69) is 21.2 Å². The number of anilines is 1. The highest BCUT2D eigenvalue weighted by Crippen LogP contribution is 2.23. The molecule has 3 N–H and O–H groups in total. The molecule has 1 atom stereocenters. The molecule has 0 saturated carbocycles. The Morgan fingerprint density at radius 2 is 2.33 bits per heavy atom. The number of nitriles is 1. The second-order valence-corrected chi connectivity index (χ2v) is 3.94. The van der Waals surface area contributed by atoms with Crippen LogP contribution in [0.1, 0.15) is 12.5 Å². The van der Waals surface area contributed by atoms with Crippen molar-refractivity contribution in [1.29, 1.82) is 5.26 Å². The number of carbonyl (C=O) groups is 1. The van der Waals surface area contributed by atoms with Crippen molar-refractivity contribution >= 4 is 27.5 Å². The summed E-state index contributed by atoms with van der Waals surface area (Å²) in [6.45, 7) is 1.60. The van der Waals surface area contributed by atoms with Crippen molar-refractivity contribution in [1.82, 2.24) is 0 Å². The van der Waals surface area contributed by atoms with Gasteiger partial charge >= 0.3 is 0 Å². The van der Waals surface area contributed by atoms with Crippen molar-refractivity contribution in [2.45, 2.75) is 13.0 Å². The van der Waals surface area contributed by atoms with Gasteiger partial charge in [0.15, 0.2) is 0 Å². The molecular weight excluding hydrogens is 258 g/mol. The molecule has 1 aromatic carbocycles. The number of hydrogen-bond acceptors (Lipinski definition) is 3. The highest BCUT2D eigenvalue weighted by atomic mass is 79.9. The summed E-state index contributed by atoms with van der Waals surface area (Å²) in [6.07, 6.45) is 0. The van der Waals surface area contributed by atoms with Crippen molar-refractivity contribution in [3.05, 3.63) is 28.2 Å². The zero-order valence-corrected chi connectivity index (χ0v) is 9.71. The minimum atomic E-state index is -0.562. The van der Waals surface area contributed by atoms with Crippen LogP contribution < -0.4 is 11.1 Å². The molecule has 0 aliphatic heterocycles. The van der Waals surface area contributed by atoms with Gasteiger partial charge < -0.3 is 11.1 Å². The molecule has 15 heavy (non-hydrogen) atoms. The Hall–Kier alpha value is -1.38. The Morgan fingerprint density at radius 3 is 2.80 bits per heavy atom. The Morgan fingerprint density at radius 1 is 1.67 bits per heavy atom. The molecule has 0 unspecified atom stereocenters. The van der Waals surface area contributed by atoms with Crippen LogP contribution in [-0.4, -0.2) is 11.9 Å². The lowest BCUT2D eigenvalue weighted by atomic mass is 10.2. The molecule has 4 nitrogen and oxygen atoms in total. The molecule has 0 radical (unpaired) electrons. The van der Waals surface area contributed by atoms with Gasteiger partial charge in [-0.15, -0.1) is 0 Å². The lowest BCUT2D eigenvalue weighted by Gasteiger charge is -2.09. The molecule has 1 amide bonds. The average Bonchev–Trinajstić information content (AvgIpc) is 2.20. The second-order valence-electron chi connectivity index (χ2n) is 3.08. The van der Waals surface area contributed by atoms with Crippen LogP contribution >= 0.6 is 15.9 Å². The summed E-state index contributed by atoms with van der Waals surface area (Å²) in [5, 5.41) is 11.3. The largest absolute Gasteiger partial charge is 0.324 e. The van der Waals surface area contributed by atoms with E-state index in [1.165, 1.54) is 0 Å². The number of rotatable bonds is 2. The molecule has 0 heterocycles. The Labute approximate surface area is 96.2 Å². The summed E-state index contributed by atoms with van der Waals surface area (Å²) in [5.74, 6) is -0.264. The number of carbonyl (C=O) groups excluding carboxylic acids is 1. The van der Waals surface area contributed by atoms with E-state index in [4.69, 9.17) is 11.0 Å². The van der Waals surface area contributed by atoms with E-state index >= 15 is 0 Å². The lowest BCUT2D eigenvalue weighted by Crippen LogP contribution is -2.32. The summed E-state index contributed by atoms with van der Waals surface area (Å²) >= 11 is 3.26. The maximum Gasteiger partial charge on any atom is 0.241 e. The van der Waals surface area contributed by atoms with Crippen molar-refractivity contribution in [3.8, 4) is 6.07 Å². The number of halogens is 1. The fourth-order valence-electron chi connectivity index (χ4n) is 0.933. The number of nitrogens with zero attached hydrogens (tertiary/aromatic N) is 1. The van der Waals surface area contributed by atoms with E-state index in [-0.39, 0.29) is 5.91 Å². The van der Waals surface area contributed by atoms with Crippen LogP contribution in [0, 0.1) is 11.3 Å². The molecular formula is C10H10BrN3O. The smallest absolute Gasteiger partial charge is 0.241 e. The molecule has 0 aliphatic carbocycles. The predicted octanol–water partition coefficient (Wildman–Crippen LogP) is 1.61. The minimum absolute atomic E-state index is 0.264. The number of benzene rings is 1. The Kier molecular flexibility index (Phi) is 3.83. The molecule has 1 rings (SSSR count). The van der Waals surface area contributed by atoms with Gasteiger partial charge in [-0.2, -0.15) is 5.26 Å². The van der Waals surface area contributed by atoms with E-state index in [1.807, 2.05) is 6.07 Å². The monoisotopic (exact) mass is 267 g/mol. The molecule has 0 fully saturated rings. The minimum Gasteiger partial charge on any atom is -0.324 e. The number of nitrogens with two attached hydrogens (primary N) is 1. The third kappa shape index (κ3) is 3.05. The Balaban J connectivity index is 2.89. The van der Waals surface area contributed by atoms with E-state index in [9.17, 15) is 4.79 Å². The first-order valence-electron chi connectivity index (χ1n) is 4.30. The maximum atomic E-state index is 11.3. The van der Waals surface area contributed by atoms with Crippen LogP contribution in [0.2, 0.25) is 0 Å². The van der Waals surface area contributed by atoms with Gasteiger partial charge in [0.05, 0.1) is 23.4 Å². The summed E-state index contributed by atoms with van der Waals surface area (Å²) in [4.78, 5) is 11.3. The fraction of sp³-hybridized carbons (Fsp3) is 0.200. The highest BCUT2D eigenvalue weighted by molar-refractivity contribution is 9.10. The molecule has 0 bridgehead atoms. The van der Waals surface area contributed by atoms with Gasteiger partial charge in [0.1, 0.15) is 0 Å². The van der Waals surface area contributed by atoms with Gasteiger partial charge in [-0.25, -0.2) is 0 Å². The quantitative estimate of drug-likeness (QED) is 0.855. The predicted molar refractivity (Wildman–Crippen MR) is 61.1 cm³/mol. The molecule has 0 spiro atoms. The van der Waals surface area contributed by atoms with Crippen LogP contribution in [0.15, 0.2) is 22.7 Å². The van der Waals surface area contributed by atoms with Gasteiger partial charge in [0.25, 0.3) is 0 Å². The first-order valence-corrected chi connectivity index (χ1v) is 5.10. The fourth-order valence-corrected chi connectivity index (χ4v) is 1.41. The van der Waals surface area contributed by atoms with Crippen molar-refractivity contribution in [2.24, 2.45) is 5.73 Å². The molecule has 0 aromatic heterocycles. The SMILES string of the molecule is C[C@H](N)C(=O)Nc1ccc(C#N)cc1Br. The molecule has 5 heteroatoms. The summed E-state index contributed by atoms with van der Waals surface area (Å²) in [5.41, 5.74) is 6.55. The van der Waals surface area contributed by atoms with Crippen LogP contribution in [0.3, 0.4) is 0 Å². The number of amides is 1. The van der Waals surface area contributed by atoms with Gasteiger partial charge in [0.2, 0.25) is 5.91 Å². The van der Waals surface area contributed by atoms with Crippen molar-refractivity contribution in [3.63, 3.8) is 0 Å². The summed E-state index contributed by atoms with van der Waals surface area (Å²) in [7, 11) is 0. The van der Waals surface area contributed by atoms with Crippen LogP contribution in [0.4, 0.5) is 5.69 Å². The van der Waals surface area contributed by atoms with E-state index < -0.39 is 6.04 Å². The van der Waals surface area contributed by atoms with Gasteiger partial charge in [0, 0.05) is 4.47 Å². The normalized spacial score (nSPS) is 11.6. The second kappa shape index (κ2) is 4.91. The highest BCUT2D eigenvalue weighted by Gasteiger charge is 2.09. The van der Waals surface area contributed by atoms with Crippen LogP contribution in [0.25, 0.3) is 0 Å². The van der Waals surface area contributed by atoms with E-state index in [0.29, 0.717) is 15.7 Å². The van der Waals surface area contributed by atoms with E-state index in [0.717, 1.165) is 0 Å². The Bertz CT molecular complexity index is 423. The topological polar surface area (TPSA) is 78.9 Å². The summed E-state index contributed by atoms with van der Waals surface area (Å²) < 4.78 is 0.663. The summed E-state index contributed by atoms with van der Waals surface area (Å²) in [6, 6.07) is 6.36. The molecule has 0 aliphatic rings. The first kappa shape index (κ1) is 11.7. The third-order valence-corrected chi connectivity index (χ3v) is 2.43. The van der Waals surface area contributed by atoms with Crippen molar-refractivity contribution in [2.75, 3.05) is 5.32 Å². The molecule has 78 valence electrons. The zero-order chi connectivity index (χ0) is 11.4. The maximum absolute atomic E-state index is 11.3. The van der Waals surface area contributed by atoms with Crippen LogP contribution in [0.5, 0.6) is 0 Å². The number of hydrogen-bond donors (Lipinski definition) is 2. The van der Waals surface area contributed by atoms with Gasteiger partial charge in [-0.05, 0) is 41.1 Å². The van der Waals surface area contributed by atoms with Crippen molar-refractivity contribution < 1.29 is 4.79 Å². The van der Waals surface area contributed by atoms with E-state index in [1.54, 1.807) is 25.1 Å². The standard InChI is InChI=1S/C10H10BrN3O/c1-6(13)10(15)14-9-3-2-7(5-12)4-8(9)11/h2-4,6H,13H2,1H3,(H,14,15)/t6-/m0/s1. The average molecular weight is 268 g/mol. The molecule has 1 aromatic rings. The number of nitrogens with one attached hydrogen (secondary N) is 1. The lowest BCUT2D eigenvalue weighted by molar-refractivity contribution is -0.117.